The summed E-state index contributed by atoms with van der Waals surface area (Å²) >= 11 is 0. The van der Waals surface area contributed by atoms with Crippen molar-refractivity contribution in [1.82, 2.24) is 5.32 Å². The maximum atomic E-state index is 5.18. The number of rotatable bonds is 3. The zero-order valence-electron chi connectivity index (χ0n) is 8.36. The van der Waals surface area contributed by atoms with Gasteiger partial charge in [-0.25, -0.2) is 0 Å². The van der Waals surface area contributed by atoms with Crippen LogP contribution in [0.2, 0.25) is 0 Å². The van der Waals surface area contributed by atoms with Gasteiger partial charge in [0.05, 0.1) is 7.11 Å². The van der Waals surface area contributed by atoms with Crippen LogP contribution in [0.25, 0.3) is 0 Å². The van der Waals surface area contributed by atoms with Crippen molar-refractivity contribution in [2.45, 2.75) is 12.5 Å². The molecule has 1 atom stereocenters. The fraction of sp³-hybridized carbons (Fsp3) is 0.333. The minimum Gasteiger partial charge on any atom is -0.497 e. The van der Waals surface area contributed by atoms with Gasteiger partial charge in [-0.05, 0) is 24.1 Å². The molecule has 74 valence electrons. The van der Waals surface area contributed by atoms with E-state index in [0.29, 0.717) is 6.04 Å². The quantitative estimate of drug-likeness (QED) is 0.732. The highest BCUT2D eigenvalue weighted by molar-refractivity contribution is 5.29. The first kappa shape index (κ1) is 9.28. The van der Waals surface area contributed by atoms with E-state index in [1.54, 1.807) is 7.11 Å². The van der Waals surface area contributed by atoms with Gasteiger partial charge in [0, 0.05) is 12.6 Å². The molecular formula is C12H15NO. The van der Waals surface area contributed by atoms with Crippen LogP contribution in [0.15, 0.2) is 36.4 Å². The van der Waals surface area contributed by atoms with Crippen LogP contribution in [0.5, 0.6) is 5.75 Å². The minimum absolute atomic E-state index is 0.488. The Balaban J connectivity index is 2.04. The van der Waals surface area contributed by atoms with E-state index < -0.39 is 0 Å². The average molecular weight is 189 g/mol. The molecule has 0 saturated carbocycles. The number of hydrogen-bond donors (Lipinski definition) is 1. The van der Waals surface area contributed by atoms with Gasteiger partial charge in [-0.3, -0.25) is 0 Å². The zero-order chi connectivity index (χ0) is 9.80. The number of methoxy groups -OCH3 is 1. The first-order valence-electron chi connectivity index (χ1n) is 4.91. The van der Waals surface area contributed by atoms with Crippen LogP contribution in [0.3, 0.4) is 0 Å². The van der Waals surface area contributed by atoms with Crippen LogP contribution < -0.4 is 10.1 Å². The van der Waals surface area contributed by atoms with E-state index in [-0.39, 0.29) is 0 Å². The van der Waals surface area contributed by atoms with Crippen molar-refractivity contribution in [3.05, 3.63) is 42.0 Å². The van der Waals surface area contributed by atoms with Crippen LogP contribution in [-0.2, 0) is 6.42 Å². The van der Waals surface area contributed by atoms with Crippen LogP contribution >= 0.6 is 0 Å². The van der Waals surface area contributed by atoms with Crippen molar-refractivity contribution in [2.24, 2.45) is 0 Å². The van der Waals surface area contributed by atoms with Gasteiger partial charge in [0.1, 0.15) is 5.75 Å². The van der Waals surface area contributed by atoms with Crippen LogP contribution in [-0.4, -0.2) is 19.7 Å². The van der Waals surface area contributed by atoms with Gasteiger partial charge >= 0.3 is 0 Å². The number of benzene rings is 1. The highest BCUT2D eigenvalue weighted by atomic mass is 16.5. The third-order valence-corrected chi connectivity index (χ3v) is 2.46. The lowest BCUT2D eigenvalue weighted by Crippen LogP contribution is -2.24. The second kappa shape index (κ2) is 4.29. The van der Waals surface area contributed by atoms with Gasteiger partial charge in [-0.1, -0.05) is 24.3 Å². The lowest BCUT2D eigenvalue weighted by atomic mass is 10.1. The Morgan fingerprint density at radius 1 is 1.50 bits per heavy atom. The molecule has 2 nitrogen and oxygen atoms in total. The van der Waals surface area contributed by atoms with Crippen molar-refractivity contribution in [2.75, 3.05) is 13.7 Å². The summed E-state index contributed by atoms with van der Waals surface area (Å²) in [5, 5.41) is 3.39. The van der Waals surface area contributed by atoms with Crippen LogP contribution in [0.1, 0.15) is 5.56 Å². The van der Waals surface area contributed by atoms with E-state index in [2.05, 4.69) is 29.6 Å². The highest BCUT2D eigenvalue weighted by Gasteiger charge is 2.08. The predicted molar refractivity (Wildman–Crippen MR) is 57.6 cm³/mol. The van der Waals surface area contributed by atoms with E-state index >= 15 is 0 Å². The first-order chi connectivity index (χ1) is 6.88. The summed E-state index contributed by atoms with van der Waals surface area (Å²) in [7, 11) is 1.70. The Bertz CT molecular complexity index is 333. The van der Waals surface area contributed by atoms with Crippen LogP contribution in [0.4, 0.5) is 0 Å². The van der Waals surface area contributed by atoms with Crippen molar-refractivity contribution in [3.8, 4) is 5.75 Å². The standard InChI is InChI=1S/C12H15NO/c1-14-12-6-2-4-10(9-12)8-11-5-3-7-13-11/h2-6,9,11,13H,7-8H2,1H3. The summed E-state index contributed by atoms with van der Waals surface area (Å²) in [5.41, 5.74) is 1.31. The summed E-state index contributed by atoms with van der Waals surface area (Å²) in [6, 6.07) is 8.72. The van der Waals surface area contributed by atoms with E-state index in [4.69, 9.17) is 4.74 Å². The van der Waals surface area contributed by atoms with E-state index in [1.165, 1.54) is 5.56 Å². The molecule has 1 aromatic carbocycles. The fourth-order valence-electron chi connectivity index (χ4n) is 1.71. The SMILES string of the molecule is COc1cccc(CC2C=CCN2)c1. The fourth-order valence-corrected chi connectivity index (χ4v) is 1.71. The van der Waals surface area contributed by atoms with Gasteiger partial charge in [-0.15, -0.1) is 0 Å². The summed E-state index contributed by atoms with van der Waals surface area (Å²) < 4.78 is 5.18. The molecule has 1 N–H and O–H groups in total. The second-order valence-corrected chi connectivity index (χ2v) is 3.50. The average Bonchev–Trinajstić information content (AvgIpc) is 2.71. The molecule has 0 aliphatic carbocycles. The zero-order valence-corrected chi connectivity index (χ0v) is 8.36. The minimum atomic E-state index is 0.488. The molecule has 14 heavy (non-hydrogen) atoms. The smallest absolute Gasteiger partial charge is 0.119 e. The Kier molecular flexibility index (Phi) is 2.84. The molecule has 2 heteroatoms. The summed E-state index contributed by atoms with van der Waals surface area (Å²) in [6.45, 7) is 0.995. The maximum Gasteiger partial charge on any atom is 0.119 e. The van der Waals surface area contributed by atoms with Gasteiger partial charge in [-0.2, -0.15) is 0 Å². The molecule has 0 bridgehead atoms. The Labute approximate surface area is 84.6 Å². The monoisotopic (exact) mass is 189 g/mol. The normalized spacial score (nSPS) is 19.9. The van der Waals surface area contributed by atoms with E-state index in [9.17, 15) is 0 Å². The second-order valence-electron chi connectivity index (χ2n) is 3.50. The molecule has 0 amide bonds. The van der Waals surface area contributed by atoms with Crippen molar-refractivity contribution >= 4 is 0 Å². The largest absolute Gasteiger partial charge is 0.497 e. The molecule has 0 aromatic heterocycles. The van der Waals surface area contributed by atoms with E-state index in [0.717, 1.165) is 18.7 Å². The predicted octanol–water partition coefficient (Wildman–Crippen LogP) is 1.77. The van der Waals surface area contributed by atoms with Gasteiger partial charge < -0.3 is 10.1 Å². The van der Waals surface area contributed by atoms with Crippen molar-refractivity contribution in [1.29, 1.82) is 0 Å². The Hall–Kier alpha value is -1.28. The molecule has 0 spiro atoms. The molecule has 0 radical (unpaired) electrons. The first-order valence-corrected chi connectivity index (χ1v) is 4.91. The van der Waals surface area contributed by atoms with Gasteiger partial charge in [0.25, 0.3) is 0 Å². The molecule has 1 heterocycles. The lowest BCUT2D eigenvalue weighted by Gasteiger charge is -2.09. The molecular weight excluding hydrogens is 174 g/mol. The summed E-state index contributed by atoms with van der Waals surface area (Å²) in [4.78, 5) is 0. The number of ether oxygens (including phenoxy) is 1. The topological polar surface area (TPSA) is 21.3 Å². The summed E-state index contributed by atoms with van der Waals surface area (Å²) in [5.74, 6) is 0.935. The third-order valence-electron chi connectivity index (χ3n) is 2.46. The molecule has 1 aromatic rings. The highest BCUT2D eigenvalue weighted by Crippen LogP contribution is 2.14. The maximum absolute atomic E-state index is 5.18. The molecule has 1 unspecified atom stereocenters. The molecule has 1 aliphatic heterocycles. The van der Waals surface area contributed by atoms with Crippen molar-refractivity contribution in [3.63, 3.8) is 0 Å². The lowest BCUT2D eigenvalue weighted by molar-refractivity contribution is 0.414. The van der Waals surface area contributed by atoms with Crippen molar-refractivity contribution < 1.29 is 4.74 Å². The molecule has 1 aliphatic rings. The molecule has 0 saturated heterocycles. The van der Waals surface area contributed by atoms with Gasteiger partial charge in [0.15, 0.2) is 0 Å². The Morgan fingerprint density at radius 3 is 3.14 bits per heavy atom. The molecule has 2 rings (SSSR count). The number of nitrogens with one attached hydrogen (secondary N) is 1. The third kappa shape index (κ3) is 2.15. The Morgan fingerprint density at radius 2 is 2.43 bits per heavy atom. The summed E-state index contributed by atoms with van der Waals surface area (Å²) in [6.07, 6.45) is 5.43. The number of hydrogen-bond acceptors (Lipinski definition) is 2. The molecule has 0 fully saturated rings. The van der Waals surface area contributed by atoms with Gasteiger partial charge in [0.2, 0.25) is 0 Å². The van der Waals surface area contributed by atoms with E-state index in [1.807, 2.05) is 12.1 Å². The van der Waals surface area contributed by atoms with Crippen LogP contribution in [0, 0.1) is 0 Å².